The number of benzene rings is 1. The molecule has 17 heavy (non-hydrogen) atoms. The highest BCUT2D eigenvalue weighted by atomic mass is 16.5. The lowest BCUT2D eigenvalue weighted by Gasteiger charge is -2.02. The third-order valence-electron chi connectivity index (χ3n) is 2.18. The van der Waals surface area contributed by atoms with Crippen molar-refractivity contribution in [3.05, 3.63) is 59.5 Å². The van der Waals surface area contributed by atoms with Gasteiger partial charge in [-0.15, -0.1) is 0 Å². The number of nitrogens with zero attached hydrogens (tertiary/aromatic N) is 1. The zero-order chi connectivity index (χ0) is 12.1. The number of carbonyl (C=O) groups excluding carboxylic acids is 1. The van der Waals surface area contributed by atoms with Gasteiger partial charge in [0.15, 0.2) is 0 Å². The normalized spacial score (nSPS) is 9.59. The molecule has 0 saturated carbocycles. The maximum Gasteiger partial charge on any atom is 0.338 e. The van der Waals surface area contributed by atoms with E-state index in [0.717, 1.165) is 0 Å². The quantitative estimate of drug-likeness (QED) is 0.756. The number of nitriles is 1. The minimum absolute atomic E-state index is 0.103. The molecule has 4 nitrogen and oxygen atoms in total. The predicted molar refractivity (Wildman–Crippen MR) is 59.0 cm³/mol. The highest BCUT2D eigenvalue weighted by Crippen LogP contribution is 2.08. The third-order valence-corrected chi connectivity index (χ3v) is 2.18. The highest BCUT2D eigenvalue weighted by Gasteiger charge is 2.07. The molecule has 0 N–H and O–H groups in total. The van der Waals surface area contributed by atoms with Gasteiger partial charge in [-0.05, 0) is 36.4 Å². The third kappa shape index (κ3) is 2.73. The van der Waals surface area contributed by atoms with Gasteiger partial charge in [-0.2, -0.15) is 5.26 Å². The van der Waals surface area contributed by atoms with Gasteiger partial charge in [0, 0.05) is 0 Å². The van der Waals surface area contributed by atoms with Crippen LogP contribution in [0.1, 0.15) is 21.7 Å². The predicted octanol–water partition coefficient (Wildman–Crippen LogP) is 2.51. The Morgan fingerprint density at radius 1 is 1.29 bits per heavy atom. The van der Waals surface area contributed by atoms with Crippen LogP contribution in [0.3, 0.4) is 0 Å². The second-order valence-corrected chi connectivity index (χ2v) is 3.34. The lowest BCUT2D eigenvalue weighted by atomic mass is 10.1. The second kappa shape index (κ2) is 4.99. The van der Waals surface area contributed by atoms with Gasteiger partial charge in [0.05, 0.1) is 23.5 Å². The fourth-order valence-corrected chi connectivity index (χ4v) is 1.30. The summed E-state index contributed by atoms with van der Waals surface area (Å²) < 4.78 is 10.1. The van der Waals surface area contributed by atoms with Gasteiger partial charge in [-0.3, -0.25) is 0 Å². The van der Waals surface area contributed by atoms with E-state index in [0.29, 0.717) is 16.9 Å². The van der Waals surface area contributed by atoms with E-state index < -0.39 is 5.97 Å². The van der Waals surface area contributed by atoms with Crippen molar-refractivity contribution < 1.29 is 13.9 Å². The van der Waals surface area contributed by atoms with Crippen molar-refractivity contribution in [2.45, 2.75) is 6.61 Å². The molecule has 0 bridgehead atoms. The molecule has 1 aromatic heterocycles. The van der Waals surface area contributed by atoms with Crippen molar-refractivity contribution >= 4 is 5.97 Å². The molecular formula is C13H9NO3. The van der Waals surface area contributed by atoms with Crippen molar-refractivity contribution in [1.82, 2.24) is 0 Å². The average molecular weight is 227 g/mol. The summed E-state index contributed by atoms with van der Waals surface area (Å²) in [6, 6.07) is 11.7. The Labute approximate surface area is 98.0 Å². The summed E-state index contributed by atoms with van der Waals surface area (Å²) in [5, 5.41) is 8.62. The molecule has 0 radical (unpaired) electrons. The summed E-state index contributed by atoms with van der Waals surface area (Å²) in [7, 11) is 0. The van der Waals surface area contributed by atoms with Crippen molar-refractivity contribution in [1.29, 1.82) is 5.26 Å². The molecule has 0 spiro atoms. The number of carbonyl (C=O) groups is 1. The first-order chi connectivity index (χ1) is 8.29. The SMILES string of the molecule is N#Cc1ccc(C(=O)OCc2ccco2)cc1. The molecule has 2 rings (SSSR count). The molecule has 0 aliphatic heterocycles. The standard InChI is InChI=1S/C13H9NO3/c14-8-10-3-5-11(6-4-10)13(15)17-9-12-2-1-7-16-12/h1-7H,9H2. The lowest BCUT2D eigenvalue weighted by molar-refractivity contribution is 0.0445. The topological polar surface area (TPSA) is 63.2 Å². The number of hydrogen-bond acceptors (Lipinski definition) is 4. The van der Waals surface area contributed by atoms with Crippen LogP contribution < -0.4 is 0 Å². The van der Waals surface area contributed by atoms with Crippen LogP contribution in [-0.2, 0) is 11.3 Å². The van der Waals surface area contributed by atoms with Crippen molar-refractivity contribution in [2.75, 3.05) is 0 Å². The van der Waals surface area contributed by atoms with Crippen LogP contribution in [0.5, 0.6) is 0 Å². The van der Waals surface area contributed by atoms with E-state index in [1.54, 1.807) is 36.4 Å². The highest BCUT2D eigenvalue weighted by molar-refractivity contribution is 5.89. The Hall–Kier alpha value is -2.54. The van der Waals surface area contributed by atoms with E-state index in [1.807, 2.05) is 6.07 Å². The number of hydrogen-bond donors (Lipinski definition) is 0. The Morgan fingerprint density at radius 3 is 2.65 bits per heavy atom. The molecule has 4 heteroatoms. The summed E-state index contributed by atoms with van der Waals surface area (Å²) in [4.78, 5) is 11.6. The van der Waals surface area contributed by atoms with E-state index in [4.69, 9.17) is 14.4 Å². The number of furan rings is 1. The van der Waals surface area contributed by atoms with Crippen LogP contribution in [0, 0.1) is 11.3 Å². The molecule has 0 aliphatic carbocycles. The smallest absolute Gasteiger partial charge is 0.338 e. The summed E-state index contributed by atoms with van der Waals surface area (Å²) in [6.45, 7) is 0.103. The Morgan fingerprint density at radius 2 is 2.06 bits per heavy atom. The molecule has 0 saturated heterocycles. The van der Waals surface area contributed by atoms with Gasteiger partial charge in [-0.25, -0.2) is 4.79 Å². The van der Waals surface area contributed by atoms with Gasteiger partial charge < -0.3 is 9.15 Å². The van der Waals surface area contributed by atoms with Gasteiger partial charge >= 0.3 is 5.97 Å². The lowest BCUT2D eigenvalue weighted by Crippen LogP contribution is -2.04. The monoisotopic (exact) mass is 227 g/mol. The molecular weight excluding hydrogens is 218 g/mol. The number of rotatable bonds is 3. The molecule has 0 aliphatic rings. The van der Waals surface area contributed by atoms with Gasteiger partial charge in [0.2, 0.25) is 0 Å². The Kier molecular flexibility index (Phi) is 3.22. The van der Waals surface area contributed by atoms with Crippen LogP contribution >= 0.6 is 0 Å². The second-order valence-electron chi connectivity index (χ2n) is 3.34. The van der Waals surface area contributed by atoms with E-state index >= 15 is 0 Å². The Bertz CT molecular complexity index is 535. The number of ether oxygens (including phenoxy) is 1. The molecule has 2 aromatic rings. The van der Waals surface area contributed by atoms with Crippen LogP contribution in [0.4, 0.5) is 0 Å². The van der Waals surface area contributed by atoms with E-state index in [2.05, 4.69) is 0 Å². The van der Waals surface area contributed by atoms with Crippen molar-refractivity contribution in [3.8, 4) is 6.07 Å². The van der Waals surface area contributed by atoms with Crippen LogP contribution in [0.2, 0.25) is 0 Å². The minimum atomic E-state index is -0.439. The first kappa shape index (κ1) is 11.0. The van der Waals surface area contributed by atoms with Crippen LogP contribution in [0.25, 0.3) is 0 Å². The molecule has 84 valence electrons. The fourth-order valence-electron chi connectivity index (χ4n) is 1.30. The zero-order valence-corrected chi connectivity index (χ0v) is 8.92. The summed E-state index contributed by atoms with van der Waals surface area (Å²) >= 11 is 0. The molecule has 1 heterocycles. The van der Waals surface area contributed by atoms with Crippen molar-refractivity contribution in [3.63, 3.8) is 0 Å². The van der Waals surface area contributed by atoms with Crippen LogP contribution in [-0.4, -0.2) is 5.97 Å². The van der Waals surface area contributed by atoms with E-state index in [1.165, 1.54) is 6.26 Å². The van der Waals surface area contributed by atoms with Gasteiger partial charge in [0.25, 0.3) is 0 Å². The van der Waals surface area contributed by atoms with Gasteiger partial charge in [0.1, 0.15) is 12.4 Å². The maximum atomic E-state index is 11.6. The Balaban J connectivity index is 1.97. The average Bonchev–Trinajstić information content (AvgIpc) is 2.89. The molecule has 0 fully saturated rings. The summed E-state index contributed by atoms with van der Waals surface area (Å²) in [5.74, 6) is 0.151. The summed E-state index contributed by atoms with van der Waals surface area (Å²) in [5.41, 5.74) is 0.920. The fraction of sp³-hybridized carbons (Fsp3) is 0.0769. The molecule has 0 amide bonds. The molecule has 0 unspecified atom stereocenters. The molecule has 0 atom stereocenters. The maximum absolute atomic E-state index is 11.6. The first-order valence-corrected chi connectivity index (χ1v) is 4.99. The van der Waals surface area contributed by atoms with E-state index in [9.17, 15) is 4.79 Å². The first-order valence-electron chi connectivity index (χ1n) is 4.99. The zero-order valence-electron chi connectivity index (χ0n) is 8.92. The van der Waals surface area contributed by atoms with Crippen LogP contribution in [0.15, 0.2) is 47.1 Å². The summed E-state index contributed by atoms with van der Waals surface area (Å²) in [6.07, 6.45) is 1.52. The number of esters is 1. The minimum Gasteiger partial charge on any atom is -0.466 e. The largest absolute Gasteiger partial charge is 0.466 e. The van der Waals surface area contributed by atoms with Gasteiger partial charge in [-0.1, -0.05) is 0 Å². The van der Waals surface area contributed by atoms with Crippen molar-refractivity contribution in [2.24, 2.45) is 0 Å². The van der Waals surface area contributed by atoms with E-state index in [-0.39, 0.29) is 6.61 Å². The molecule has 1 aromatic carbocycles.